The SMILES string of the molecule is C1=C2CC3=C2C1=NC3. The average Bonchev–Trinajstić information content (AvgIpc) is 2.02. The summed E-state index contributed by atoms with van der Waals surface area (Å²) in [4.78, 5) is 4.29. The fourth-order valence-electron chi connectivity index (χ4n) is 1.60. The van der Waals surface area contributed by atoms with Gasteiger partial charge >= 0.3 is 0 Å². The summed E-state index contributed by atoms with van der Waals surface area (Å²) in [6.07, 6.45) is 3.44. The molecule has 0 saturated heterocycles. The number of nitrogens with zero attached hydrogens (tertiary/aromatic N) is 1. The first-order chi connectivity index (χ1) is 3.95. The smallest absolute Gasteiger partial charge is 0.0656 e. The van der Waals surface area contributed by atoms with Gasteiger partial charge < -0.3 is 0 Å². The highest BCUT2D eigenvalue weighted by Gasteiger charge is 2.36. The Balaban J connectivity index is 2.46. The zero-order valence-electron chi connectivity index (χ0n) is 4.44. The minimum atomic E-state index is 1.00. The molecule has 0 bridgehead atoms. The van der Waals surface area contributed by atoms with Gasteiger partial charge in [-0.15, -0.1) is 0 Å². The standard InChI is InChI=1S/C7H5N/c1-4-2-6-7(4)5(1)3-8-6/h2H,1,3H2. The van der Waals surface area contributed by atoms with Crippen LogP contribution in [0.25, 0.3) is 0 Å². The highest BCUT2D eigenvalue weighted by Crippen LogP contribution is 2.45. The fraction of sp³-hybridized carbons (Fsp3) is 0.286. The Morgan fingerprint density at radius 2 is 2.50 bits per heavy atom. The molecule has 1 aliphatic heterocycles. The predicted molar refractivity (Wildman–Crippen MR) is 32.0 cm³/mol. The summed E-state index contributed by atoms with van der Waals surface area (Å²) in [6, 6.07) is 0. The molecule has 0 atom stereocenters. The van der Waals surface area contributed by atoms with Gasteiger partial charge in [0, 0.05) is 5.57 Å². The molecule has 0 N–H and O–H groups in total. The largest absolute Gasteiger partial charge is 0.280 e. The normalized spacial score (nSPS) is 28.0. The first-order valence-corrected chi connectivity index (χ1v) is 2.93. The van der Waals surface area contributed by atoms with Crippen LogP contribution in [0.3, 0.4) is 0 Å². The lowest BCUT2D eigenvalue weighted by atomic mass is 9.74. The van der Waals surface area contributed by atoms with Crippen LogP contribution in [0.15, 0.2) is 27.8 Å². The van der Waals surface area contributed by atoms with Crippen molar-refractivity contribution in [3.8, 4) is 0 Å². The van der Waals surface area contributed by atoms with E-state index in [0.29, 0.717) is 0 Å². The molecule has 1 heterocycles. The van der Waals surface area contributed by atoms with E-state index in [1.54, 1.807) is 11.1 Å². The molecule has 0 aromatic carbocycles. The Kier molecular flexibility index (Phi) is 0.287. The third kappa shape index (κ3) is 0.152. The molecule has 0 aromatic heterocycles. The van der Waals surface area contributed by atoms with Crippen molar-refractivity contribution in [2.45, 2.75) is 6.42 Å². The zero-order chi connectivity index (χ0) is 5.14. The van der Waals surface area contributed by atoms with Crippen LogP contribution in [-0.2, 0) is 0 Å². The molecule has 38 valence electrons. The van der Waals surface area contributed by atoms with Crippen molar-refractivity contribution in [2.75, 3.05) is 6.54 Å². The number of hydrogen-bond donors (Lipinski definition) is 0. The van der Waals surface area contributed by atoms with Crippen LogP contribution >= 0.6 is 0 Å². The second-order valence-corrected chi connectivity index (χ2v) is 2.53. The first kappa shape index (κ1) is 3.23. The molecular formula is C7H5N. The quantitative estimate of drug-likeness (QED) is 0.435. The van der Waals surface area contributed by atoms with Gasteiger partial charge in [-0.1, -0.05) is 0 Å². The highest BCUT2D eigenvalue weighted by molar-refractivity contribution is 6.23. The second kappa shape index (κ2) is 0.711. The van der Waals surface area contributed by atoms with E-state index in [9.17, 15) is 0 Å². The Bertz CT molecular complexity index is 266. The van der Waals surface area contributed by atoms with E-state index in [1.807, 2.05) is 0 Å². The minimum Gasteiger partial charge on any atom is -0.280 e. The average molecular weight is 103 g/mol. The summed E-state index contributed by atoms with van der Waals surface area (Å²) >= 11 is 0. The van der Waals surface area contributed by atoms with Crippen LogP contribution in [0.5, 0.6) is 0 Å². The lowest BCUT2D eigenvalue weighted by Gasteiger charge is -2.28. The van der Waals surface area contributed by atoms with Gasteiger partial charge in [0.2, 0.25) is 0 Å². The van der Waals surface area contributed by atoms with Crippen LogP contribution in [-0.4, -0.2) is 12.3 Å². The molecule has 3 aliphatic rings. The van der Waals surface area contributed by atoms with Gasteiger partial charge in [-0.05, 0) is 23.6 Å². The number of allylic oxidation sites excluding steroid dienone is 3. The van der Waals surface area contributed by atoms with E-state index in [4.69, 9.17) is 0 Å². The van der Waals surface area contributed by atoms with Crippen molar-refractivity contribution in [2.24, 2.45) is 4.99 Å². The monoisotopic (exact) mass is 103 g/mol. The molecule has 0 spiro atoms. The Hall–Kier alpha value is -0.850. The predicted octanol–water partition coefficient (Wildman–Crippen LogP) is 1.08. The van der Waals surface area contributed by atoms with Crippen LogP contribution in [0.1, 0.15) is 6.42 Å². The van der Waals surface area contributed by atoms with Crippen LogP contribution < -0.4 is 0 Å². The minimum absolute atomic E-state index is 1.00. The van der Waals surface area contributed by atoms with Gasteiger partial charge in [0.25, 0.3) is 0 Å². The van der Waals surface area contributed by atoms with Gasteiger partial charge in [0.05, 0.1) is 12.3 Å². The third-order valence-electron chi connectivity index (χ3n) is 2.09. The molecule has 0 unspecified atom stereocenters. The molecule has 8 heavy (non-hydrogen) atoms. The van der Waals surface area contributed by atoms with Crippen LogP contribution in [0.4, 0.5) is 0 Å². The Labute approximate surface area is 47.4 Å². The molecule has 1 heteroatoms. The van der Waals surface area contributed by atoms with Crippen molar-refractivity contribution in [1.82, 2.24) is 0 Å². The van der Waals surface area contributed by atoms with Crippen molar-refractivity contribution in [3.05, 3.63) is 22.8 Å². The van der Waals surface area contributed by atoms with E-state index in [2.05, 4.69) is 11.1 Å². The molecule has 2 aliphatic carbocycles. The maximum absolute atomic E-state index is 4.29. The molecule has 0 fully saturated rings. The number of rotatable bonds is 0. The van der Waals surface area contributed by atoms with Gasteiger partial charge in [-0.3, -0.25) is 4.99 Å². The van der Waals surface area contributed by atoms with Gasteiger partial charge in [-0.25, -0.2) is 0 Å². The van der Waals surface area contributed by atoms with Crippen molar-refractivity contribution >= 4 is 5.71 Å². The third-order valence-corrected chi connectivity index (χ3v) is 2.09. The number of hydrogen-bond acceptors (Lipinski definition) is 1. The summed E-state index contributed by atoms with van der Waals surface area (Å²) in [5.74, 6) is 0. The highest BCUT2D eigenvalue weighted by atomic mass is 14.8. The maximum Gasteiger partial charge on any atom is 0.0656 e. The maximum atomic E-state index is 4.29. The molecule has 3 rings (SSSR count). The molecular weight excluding hydrogens is 98.1 g/mol. The van der Waals surface area contributed by atoms with Crippen molar-refractivity contribution in [3.63, 3.8) is 0 Å². The topological polar surface area (TPSA) is 12.4 Å². The summed E-state index contributed by atoms with van der Waals surface area (Å²) in [6.45, 7) is 1.00. The Morgan fingerprint density at radius 1 is 1.50 bits per heavy atom. The fourth-order valence-corrected chi connectivity index (χ4v) is 1.60. The van der Waals surface area contributed by atoms with Gasteiger partial charge in [0.15, 0.2) is 0 Å². The van der Waals surface area contributed by atoms with Gasteiger partial charge in [-0.2, -0.15) is 0 Å². The summed E-state index contributed by atoms with van der Waals surface area (Å²) in [7, 11) is 0. The van der Waals surface area contributed by atoms with Gasteiger partial charge in [0.1, 0.15) is 0 Å². The molecule has 1 nitrogen and oxygen atoms in total. The van der Waals surface area contributed by atoms with E-state index >= 15 is 0 Å². The first-order valence-electron chi connectivity index (χ1n) is 2.93. The molecule has 0 saturated carbocycles. The summed E-state index contributed by atoms with van der Waals surface area (Å²) in [5, 5.41) is 0. The van der Waals surface area contributed by atoms with Crippen LogP contribution in [0, 0.1) is 0 Å². The van der Waals surface area contributed by atoms with E-state index in [0.717, 1.165) is 6.54 Å². The van der Waals surface area contributed by atoms with Crippen LogP contribution in [0.2, 0.25) is 0 Å². The summed E-state index contributed by atoms with van der Waals surface area (Å²) < 4.78 is 0. The van der Waals surface area contributed by atoms with E-state index in [1.165, 1.54) is 17.7 Å². The lowest BCUT2D eigenvalue weighted by molar-refractivity contribution is 0.988. The van der Waals surface area contributed by atoms with E-state index < -0.39 is 0 Å². The molecule has 0 aromatic rings. The second-order valence-electron chi connectivity index (χ2n) is 2.53. The lowest BCUT2D eigenvalue weighted by Crippen LogP contribution is -2.20. The number of aliphatic imine (C=N–C) groups is 1. The molecule has 0 amide bonds. The Morgan fingerprint density at radius 3 is 3.12 bits per heavy atom. The van der Waals surface area contributed by atoms with Crippen molar-refractivity contribution < 1.29 is 0 Å². The molecule has 0 radical (unpaired) electrons. The van der Waals surface area contributed by atoms with Crippen molar-refractivity contribution in [1.29, 1.82) is 0 Å². The van der Waals surface area contributed by atoms with E-state index in [-0.39, 0.29) is 0 Å². The zero-order valence-corrected chi connectivity index (χ0v) is 4.44. The summed E-state index contributed by atoms with van der Waals surface area (Å²) in [5.41, 5.74) is 5.93.